The van der Waals surface area contributed by atoms with E-state index in [1.54, 1.807) is 12.3 Å². The number of hydrogen-bond donors (Lipinski definition) is 1. The zero-order valence-electron chi connectivity index (χ0n) is 12.6. The number of hydrogen-bond acceptors (Lipinski definition) is 2. The van der Waals surface area contributed by atoms with E-state index in [4.69, 9.17) is 0 Å². The van der Waals surface area contributed by atoms with Gasteiger partial charge in [-0.3, -0.25) is 4.68 Å². The molecule has 1 aromatic heterocycles. The SMILES string of the molecule is CCNC(Cc1ccccc1F)c1c(Br)cnn1C(C)C. The van der Waals surface area contributed by atoms with Crippen molar-refractivity contribution in [2.75, 3.05) is 6.54 Å². The quantitative estimate of drug-likeness (QED) is 0.840. The molecule has 2 rings (SSSR count). The van der Waals surface area contributed by atoms with Crippen molar-refractivity contribution in [2.45, 2.75) is 39.3 Å². The summed E-state index contributed by atoms with van der Waals surface area (Å²) in [4.78, 5) is 0. The van der Waals surface area contributed by atoms with Gasteiger partial charge in [0.05, 0.1) is 22.4 Å². The molecule has 21 heavy (non-hydrogen) atoms. The zero-order valence-corrected chi connectivity index (χ0v) is 14.2. The zero-order chi connectivity index (χ0) is 15.4. The van der Waals surface area contributed by atoms with Crippen LogP contribution in [0.15, 0.2) is 34.9 Å². The largest absolute Gasteiger partial charge is 0.309 e. The highest BCUT2D eigenvalue weighted by Crippen LogP contribution is 2.28. The first kappa shape index (κ1) is 16.2. The summed E-state index contributed by atoms with van der Waals surface area (Å²) in [6, 6.07) is 7.21. The number of nitrogens with zero attached hydrogens (tertiary/aromatic N) is 2. The summed E-state index contributed by atoms with van der Waals surface area (Å²) in [5, 5.41) is 7.86. The standard InChI is InChI=1S/C16H21BrFN3/c1-4-19-15(9-12-7-5-6-8-14(12)18)16-13(17)10-20-21(16)11(2)3/h5-8,10-11,15,19H,4,9H2,1-3H3. The van der Waals surface area contributed by atoms with Crippen molar-refractivity contribution < 1.29 is 4.39 Å². The molecule has 0 saturated carbocycles. The van der Waals surface area contributed by atoms with Gasteiger partial charge in [-0.1, -0.05) is 25.1 Å². The molecule has 1 aromatic carbocycles. The van der Waals surface area contributed by atoms with Crippen molar-refractivity contribution in [3.63, 3.8) is 0 Å². The van der Waals surface area contributed by atoms with E-state index in [1.807, 2.05) is 16.8 Å². The number of aromatic nitrogens is 2. The van der Waals surface area contributed by atoms with Crippen molar-refractivity contribution >= 4 is 15.9 Å². The van der Waals surface area contributed by atoms with Crippen LogP contribution in [0, 0.1) is 5.82 Å². The second-order valence-corrected chi connectivity index (χ2v) is 6.18. The molecule has 1 N–H and O–H groups in total. The first-order valence-corrected chi connectivity index (χ1v) is 8.03. The van der Waals surface area contributed by atoms with Gasteiger partial charge in [-0.15, -0.1) is 0 Å². The minimum atomic E-state index is -0.160. The Morgan fingerprint density at radius 1 is 1.33 bits per heavy atom. The molecule has 2 aromatic rings. The molecule has 0 radical (unpaired) electrons. The predicted octanol–water partition coefficient (Wildman–Crippen LogP) is 4.26. The molecule has 0 amide bonds. The molecule has 0 aliphatic heterocycles. The molecule has 0 fully saturated rings. The third kappa shape index (κ3) is 3.71. The van der Waals surface area contributed by atoms with Crippen molar-refractivity contribution in [3.8, 4) is 0 Å². The number of rotatable bonds is 6. The summed E-state index contributed by atoms with van der Waals surface area (Å²) >= 11 is 3.57. The summed E-state index contributed by atoms with van der Waals surface area (Å²) in [6.07, 6.45) is 2.40. The molecule has 1 atom stereocenters. The van der Waals surface area contributed by atoms with Gasteiger partial charge in [-0.2, -0.15) is 5.10 Å². The van der Waals surface area contributed by atoms with Gasteiger partial charge in [0.15, 0.2) is 0 Å². The van der Waals surface area contributed by atoms with Crippen molar-refractivity contribution in [2.24, 2.45) is 0 Å². The van der Waals surface area contributed by atoms with Gasteiger partial charge in [0, 0.05) is 6.04 Å². The number of likely N-dealkylation sites (N-methyl/N-ethyl adjacent to an activating group) is 1. The molecular formula is C16H21BrFN3. The van der Waals surface area contributed by atoms with E-state index in [0.717, 1.165) is 16.7 Å². The fraction of sp³-hybridized carbons (Fsp3) is 0.438. The van der Waals surface area contributed by atoms with Crippen molar-refractivity contribution in [1.29, 1.82) is 0 Å². The lowest BCUT2D eigenvalue weighted by atomic mass is 10.0. The minimum absolute atomic E-state index is 0.0196. The lowest BCUT2D eigenvalue weighted by molar-refractivity contribution is 0.442. The van der Waals surface area contributed by atoms with Crippen LogP contribution >= 0.6 is 15.9 Å². The van der Waals surface area contributed by atoms with Crippen LogP contribution in [0.2, 0.25) is 0 Å². The van der Waals surface area contributed by atoms with Crippen LogP contribution in [-0.4, -0.2) is 16.3 Å². The third-order valence-electron chi connectivity index (χ3n) is 3.44. The maximum absolute atomic E-state index is 13.9. The van der Waals surface area contributed by atoms with Crippen LogP contribution in [-0.2, 0) is 6.42 Å². The Bertz CT molecular complexity index is 595. The Labute approximate surface area is 133 Å². The molecule has 3 nitrogen and oxygen atoms in total. The number of halogens is 2. The van der Waals surface area contributed by atoms with Crippen LogP contribution in [0.3, 0.4) is 0 Å². The molecular weight excluding hydrogens is 333 g/mol. The smallest absolute Gasteiger partial charge is 0.126 e. The highest BCUT2D eigenvalue weighted by molar-refractivity contribution is 9.10. The molecule has 0 spiro atoms. The molecule has 1 heterocycles. The summed E-state index contributed by atoms with van der Waals surface area (Å²) in [5.41, 5.74) is 1.78. The topological polar surface area (TPSA) is 29.9 Å². The average molecular weight is 354 g/mol. The number of benzene rings is 1. The van der Waals surface area contributed by atoms with E-state index in [9.17, 15) is 4.39 Å². The molecule has 5 heteroatoms. The maximum atomic E-state index is 13.9. The predicted molar refractivity (Wildman–Crippen MR) is 86.8 cm³/mol. The normalized spacial score (nSPS) is 12.9. The second-order valence-electron chi connectivity index (χ2n) is 5.32. The van der Waals surface area contributed by atoms with E-state index in [1.165, 1.54) is 6.07 Å². The Hall–Kier alpha value is -1.20. The van der Waals surface area contributed by atoms with Crippen molar-refractivity contribution in [1.82, 2.24) is 15.1 Å². The van der Waals surface area contributed by atoms with Crippen LogP contribution in [0.1, 0.15) is 44.1 Å². The fourth-order valence-corrected chi connectivity index (χ4v) is 3.03. The molecule has 0 bridgehead atoms. The Balaban J connectivity index is 2.36. The van der Waals surface area contributed by atoms with Gasteiger partial charge < -0.3 is 5.32 Å². The van der Waals surface area contributed by atoms with E-state index in [2.05, 4.69) is 47.1 Å². The van der Waals surface area contributed by atoms with Crippen LogP contribution in [0.4, 0.5) is 4.39 Å². The van der Waals surface area contributed by atoms with E-state index < -0.39 is 0 Å². The van der Waals surface area contributed by atoms with Gasteiger partial charge in [0.25, 0.3) is 0 Å². The lowest BCUT2D eigenvalue weighted by Gasteiger charge is -2.22. The van der Waals surface area contributed by atoms with Crippen molar-refractivity contribution in [3.05, 3.63) is 52.0 Å². The maximum Gasteiger partial charge on any atom is 0.126 e. The second kappa shape index (κ2) is 7.18. The number of nitrogens with one attached hydrogen (secondary N) is 1. The van der Waals surface area contributed by atoms with Crippen LogP contribution in [0.25, 0.3) is 0 Å². The Kier molecular flexibility index (Phi) is 5.53. The van der Waals surface area contributed by atoms with Gasteiger partial charge in [-0.25, -0.2) is 4.39 Å². The lowest BCUT2D eigenvalue weighted by Crippen LogP contribution is -2.27. The molecule has 0 aliphatic rings. The summed E-state index contributed by atoms with van der Waals surface area (Å²) in [6.45, 7) is 7.05. The Morgan fingerprint density at radius 3 is 2.67 bits per heavy atom. The minimum Gasteiger partial charge on any atom is -0.309 e. The summed E-state index contributed by atoms with van der Waals surface area (Å²) < 4.78 is 16.9. The summed E-state index contributed by atoms with van der Waals surface area (Å²) in [7, 11) is 0. The first-order chi connectivity index (χ1) is 10.0. The van der Waals surface area contributed by atoms with E-state index in [-0.39, 0.29) is 17.9 Å². The van der Waals surface area contributed by atoms with E-state index in [0.29, 0.717) is 12.0 Å². The fourth-order valence-electron chi connectivity index (χ4n) is 2.48. The third-order valence-corrected chi connectivity index (χ3v) is 4.05. The van der Waals surface area contributed by atoms with Gasteiger partial charge in [0.1, 0.15) is 5.82 Å². The molecule has 114 valence electrons. The average Bonchev–Trinajstić information content (AvgIpc) is 2.82. The first-order valence-electron chi connectivity index (χ1n) is 7.24. The molecule has 0 saturated heterocycles. The molecule has 1 unspecified atom stereocenters. The monoisotopic (exact) mass is 353 g/mol. The molecule has 0 aliphatic carbocycles. The van der Waals surface area contributed by atoms with Gasteiger partial charge in [0.2, 0.25) is 0 Å². The van der Waals surface area contributed by atoms with Crippen LogP contribution < -0.4 is 5.32 Å². The Morgan fingerprint density at radius 2 is 2.05 bits per heavy atom. The van der Waals surface area contributed by atoms with Crippen LogP contribution in [0.5, 0.6) is 0 Å². The van der Waals surface area contributed by atoms with Gasteiger partial charge >= 0.3 is 0 Å². The highest BCUT2D eigenvalue weighted by Gasteiger charge is 2.22. The summed E-state index contributed by atoms with van der Waals surface area (Å²) in [5.74, 6) is -0.160. The van der Waals surface area contributed by atoms with Gasteiger partial charge in [-0.05, 0) is 54.4 Å². The highest BCUT2D eigenvalue weighted by atomic mass is 79.9. The van der Waals surface area contributed by atoms with E-state index >= 15 is 0 Å².